The van der Waals surface area contributed by atoms with E-state index in [2.05, 4.69) is 0 Å². The third kappa shape index (κ3) is 6.47. The molecule has 0 aliphatic heterocycles. The molecule has 1 aromatic rings. The molecule has 1 fully saturated rings. The Bertz CT molecular complexity index is 904. The normalized spacial score (nSPS) is 26.0. The zero-order valence-electron chi connectivity index (χ0n) is 20.7. The first-order valence-corrected chi connectivity index (χ1v) is 11.1. The van der Waals surface area contributed by atoms with E-state index in [1.165, 1.54) is 25.1 Å². The van der Waals surface area contributed by atoms with Gasteiger partial charge in [0, 0.05) is 12.3 Å². The Morgan fingerprint density at radius 1 is 1.06 bits per heavy atom. The van der Waals surface area contributed by atoms with Crippen molar-refractivity contribution in [3.05, 3.63) is 23.8 Å². The summed E-state index contributed by atoms with van der Waals surface area (Å²) in [5.41, 5.74) is -3.12. The molecular formula is C25H36O8. The molecule has 8 nitrogen and oxygen atoms in total. The van der Waals surface area contributed by atoms with E-state index >= 15 is 0 Å². The van der Waals surface area contributed by atoms with Crippen LogP contribution in [0.1, 0.15) is 73.3 Å². The van der Waals surface area contributed by atoms with Crippen LogP contribution in [0.3, 0.4) is 0 Å². The van der Waals surface area contributed by atoms with Crippen molar-refractivity contribution in [1.82, 2.24) is 0 Å². The molecule has 0 bridgehead atoms. The van der Waals surface area contributed by atoms with Gasteiger partial charge in [-0.15, -0.1) is 0 Å². The van der Waals surface area contributed by atoms with Gasteiger partial charge >= 0.3 is 11.9 Å². The monoisotopic (exact) mass is 464 g/mol. The standard InChI is InChI=1S/C25H36O8/c1-9-31-17-12-14(10-11-15(17)26)18-19(21(28)32-23(2,3)4)16(27)13-25(8,30)20(18)22(29)33-24(5,6)7/h10-12,18-20,26,30H,9,13H2,1-8H3. The number of esters is 2. The number of benzene rings is 1. The number of Topliss-reactive ketones (excluding diaryl/α,β-unsaturated/α-hetero) is 1. The summed E-state index contributed by atoms with van der Waals surface area (Å²) in [6, 6.07) is 4.35. The van der Waals surface area contributed by atoms with Crippen molar-refractivity contribution in [3.8, 4) is 11.5 Å². The zero-order valence-corrected chi connectivity index (χ0v) is 20.7. The van der Waals surface area contributed by atoms with Crippen LogP contribution in [0.15, 0.2) is 18.2 Å². The molecule has 0 saturated heterocycles. The fourth-order valence-electron chi connectivity index (χ4n) is 4.16. The van der Waals surface area contributed by atoms with E-state index in [-0.39, 0.29) is 18.1 Å². The van der Waals surface area contributed by atoms with Crippen molar-refractivity contribution >= 4 is 17.7 Å². The summed E-state index contributed by atoms with van der Waals surface area (Å²) in [6.07, 6.45) is -0.409. The van der Waals surface area contributed by atoms with Crippen LogP contribution in [-0.2, 0) is 23.9 Å². The third-order valence-corrected chi connectivity index (χ3v) is 5.26. The predicted octanol–water partition coefficient (Wildman–Crippen LogP) is 3.51. The van der Waals surface area contributed by atoms with Gasteiger partial charge in [-0.1, -0.05) is 6.07 Å². The van der Waals surface area contributed by atoms with Gasteiger partial charge in [0.1, 0.15) is 17.1 Å². The molecule has 0 heterocycles. The predicted molar refractivity (Wildman–Crippen MR) is 121 cm³/mol. The number of phenolic OH excluding ortho intramolecular Hbond substituents is 1. The van der Waals surface area contributed by atoms with Crippen LogP contribution in [0.25, 0.3) is 0 Å². The van der Waals surface area contributed by atoms with E-state index in [0.29, 0.717) is 5.56 Å². The lowest BCUT2D eigenvalue weighted by atomic mass is 9.61. The van der Waals surface area contributed by atoms with E-state index in [4.69, 9.17) is 14.2 Å². The number of carbonyl (C=O) groups is 3. The Kier molecular flexibility index (Phi) is 7.53. The highest BCUT2D eigenvalue weighted by Gasteiger charge is 2.58. The SMILES string of the molecule is CCOc1cc(C2C(C(=O)OC(C)(C)C)C(=O)CC(C)(O)C2C(=O)OC(C)(C)C)ccc1O. The summed E-state index contributed by atoms with van der Waals surface area (Å²) in [7, 11) is 0. The maximum atomic E-state index is 13.3. The minimum absolute atomic E-state index is 0.128. The van der Waals surface area contributed by atoms with E-state index in [1.807, 2.05) is 0 Å². The molecule has 1 saturated carbocycles. The molecule has 33 heavy (non-hydrogen) atoms. The van der Waals surface area contributed by atoms with Crippen LogP contribution in [-0.4, -0.2) is 51.3 Å². The lowest BCUT2D eigenvalue weighted by Gasteiger charge is -2.44. The Balaban J connectivity index is 2.71. The van der Waals surface area contributed by atoms with Crippen molar-refractivity contribution < 1.29 is 38.8 Å². The summed E-state index contributed by atoms with van der Waals surface area (Å²) in [4.78, 5) is 39.7. The highest BCUT2D eigenvalue weighted by atomic mass is 16.6. The fraction of sp³-hybridized carbons (Fsp3) is 0.640. The highest BCUT2D eigenvalue weighted by molar-refractivity contribution is 6.03. The number of ketones is 1. The molecule has 4 atom stereocenters. The summed E-state index contributed by atoms with van der Waals surface area (Å²) >= 11 is 0. The molecule has 0 spiro atoms. The largest absolute Gasteiger partial charge is 0.504 e. The molecular weight excluding hydrogens is 428 g/mol. The number of aromatic hydroxyl groups is 1. The molecule has 2 N–H and O–H groups in total. The number of carbonyl (C=O) groups excluding carboxylic acids is 3. The van der Waals surface area contributed by atoms with Gasteiger partial charge in [-0.05, 0) is 73.1 Å². The second kappa shape index (κ2) is 9.33. The van der Waals surface area contributed by atoms with Crippen LogP contribution in [0.5, 0.6) is 11.5 Å². The molecule has 1 aromatic carbocycles. The van der Waals surface area contributed by atoms with Crippen molar-refractivity contribution in [2.75, 3.05) is 6.61 Å². The van der Waals surface area contributed by atoms with Crippen molar-refractivity contribution in [1.29, 1.82) is 0 Å². The smallest absolute Gasteiger partial charge is 0.317 e. The fourth-order valence-corrected chi connectivity index (χ4v) is 4.16. The molecule has 0 amide bonds. The maximum absolute atomic E-state index is 13.3. The van der Waals surface area contributed by atoms with Crippen molar-refractivity contribution in [2.45, 2.75) is 84.5 Å². The minimum Gasteiger partial charge on any atom is -0.504 e. The Hall–Kier alpha value is -2.61. The first kappa shape index (κ1) is 26.6. The van der Waals surface area contributed by atoms with Crippen molar-refractivity contribution in [2.24, 2.45) is 11.8 Å². The van der Waals surface area contributed by atoms with Crippen LogP contribution in [0, 0.1) is 11.8 Å². The van der Waals surface area contributed by atoms with E-state index in [0.717, 1.165) is 0 Å². The molecule has 0 radical (unpaired) electrons. The van der Waals surface area contributed by atoms with Crippen LogP contribution >= 0.6 is 0 Å². The number of hydrogen-bond acceptors (Lipinski definition) is 8. The first-order valence-electron chi connectivity index (χ1n) is 11.1. The average Bonchev–Trinajstić information content (AvgIpc) is 2.59. The van der Waals surface area contributed by atoms with E-state index < -0.39 is 58.7 Å². The molecule has 184 valence electrons. The summed E-state index contributed by atoms with van der Waals surface area (Å²) < 4.78 is 16.6. The average molecular weight is 465 g/mol. The number of phenols is 1. The number of rotatable bonds is 5. The van der Waals surface area contributed by atoms with Gasteiger partial charge < -0.3 is 24.4 Å². The van der Waals surface area contributed by atoms with Crippen LogP contribution < -0.4 is 4.74 Å². The molecule has 0 aromatic heterocycles. The van der Waals surface area contributed by atoms with Gasteiger partial charge in [0.15, 0.2) is 17.3 Å². The maximum Gasteiger partial charge on any atom is 0.317 e. The Morgan fingerprint density at radius 3 is 2.12 bits per heavy atom. The van der Waals surface area contributed by atoms with Gasteiger partial charge in [0.25, 0.3) is 0 Å². The van der Waals surface area contributed by atoms with Gasteiger partial charge in [-0.2, -0.15) is 0 Å². The Morgan fingerprint density at radius 2 is 1.61 bits per heavy atom. The minimum atomic E-state index is -1.77. The number of ether oxygens (including phenoxy) is 3. The Labute approximate surface area is 195 Å². The molecule has 1 aliphatic rings. The van der Waals surface area contributed by atoms with Gasteiger partial charge in [0.2, 0.25) is 0 Å². The summed E-state index contributed by atoms with van der Waals surface area (Å²) in [5, 5.41) is 21.4. The van der Waals surface area contributed by atoms with Crippen LogP contribution in [0.2, 0.25) is 0 Å². The lowest BCUT2D eigenvalue weighted by Crippen LogP contribution is -2.56. The topological polar surface area (TPSA) is 119 Å². The summed E-state index contributed by atoms with van der Waals surface area (Å²) in [6.45, 7) is 13.5. The van der Waals surface area contributed by atoms with Gasteiger partial charge in [-0.25, -0.2) is 0 Å². The first-order chi connectivity index (χ1) is 15.0. The van der Waals surface area contributed by atoms with E-state index in [9.17, 15) is 24.6 Å². The molecule has 1 aliphatic carbocycles. The summed E-state index contributed by atoms with van der Waals surface area (Å²) in [5.74, 6) is -5.73. The second-order valence-corrected chi connectivity index (χ2v) is 10.7. The number of hydrogen-bond donors (Lipinski definition) is 2. The van der Waals surface area contributed by atoms with Gasteiger partial charge in [-0.3, -0.25) is 14.4 Å². The third-order valence-electron chi connectivity index (χ3n) is 5.26. The van der Waals surface area contributed by atoms with Crippen molar-refractivity contribution in [3.63, 3.8) is 0 Å². The second-order valence-electron chi connectivity index (χ2n) is 10.7. The van der Waals surface area contributed by atoms with Gasteiger partial charge in [0.05, 0.1) is 18.1 Å². The zero-order chi connectivity index (χ0) is 25.4. The van der Waals surface area contributed by atoms with Crippen LogP contribution in [0.4, 0.5) is 0 Å². The van der Waals surface area contributed by atoms with E-state index in [1.54, 1.807) is 48.5 Å². The molecule has 2 rings (SSSR count). The molecule has 8 heteroatoms. The quantitative estimate of drug-likeness (QED) is 0.502. The number of aliphatic hydroxyl groups is 1. The molecule has 4 unspecified atom stereocenters. The highest BCUT2D eigenvalue weighted by Crippen LogP contribution is 2.48. The lowest BCUT2D eigenvalue weighted by molar-refractivity contribution is -0.182.